The van der Waals surface area contributed by atoms with Crippen molar-refractivity contribution >= 4 is 5.78 Å². The van der Waals surface area contributed by atoms with Gasteiger partial charge in [-0.3, -0.25) is 4.79 Å². The van der Waals surface area contributed by atoms with E-state index in [2.05, 4.69) is 81.5 Å². The van der Waals surface area contributed by atoms with Crippen molar-refractivity contribution in [3.05, 3.63) is 70.8 Å². The van der Waals surface area contributed by atoms with E-state index >= 15 is 0 Å². The summed E-state index contributed by atoms with van der Waals surface area (Å²) in [6, 6.07) is 17.0. The van der Waals surface area contributed by atoms with Crippen LogP contribution in [0.1, 0.15) is 54.6 Å². The lowest BCUT2D eigenvalue weighted by atomic mass is 9.74. The number of nitrogens with one attached hydrogen (secondary N) is 1. The van der Waals surface area contributed by atoms with Crippen molar-refractivity contribution < 1.29 is 4.79 Å². The van der Waals surface area contributed by atoms with Crippen LogP contribution in [-0.4, -0.2) is 5.78 Å². The lowest BCUT2D eigenvalue weighted by molar-refractivity contribution is -0.128. The first-order valence-corrected chi connectivity index (χ1v) is 8.89. The zero-order valence-electron chi connectivity index (χ0n) is 15.0. The summed E-state index contributed by atoms with van der Waals surface area (Å²) < 4.78 is 0. The summed E-state index contributed by atoms with van der Waals surface area (Å²) in [6.45, 7) is 8.57. The fourth-order valence-corrected chi connectivity index (χ4v) is 4.06. The lowest BCUT2D eigenvalue weighted by Gasteiger charge is -2.40. The van der Waals surface area contributed by atoms with Gasteiger partial charge in [-0.15, -0.1) is 0 Å². The number of hydrogen-bond acceptors (Lipinski definition) is 2. The van der Waals surface area contributed by atoms with Crippen LogP contribution in [0, 0.1) is 25.7 Å². The van der Waals surface area contributed by atoms with Crippen molar-refractivity contribution in [1.29, 1.82) is 0 Å². The first-order chi connectivity index (χ1) is 11.5. The summed E-state index contributed by atoms with van der Waals surface area (Å²) in [5, 5.41) is 3.81. The molecule has 126 valence electrons. The summed E-state index contributed by atoms with van der Waals surface area (Å²) >= 11 is 0. The van der Waals surface area contributed by atoms with E-state index in [-0.39, 0.29) is 18.0 Å². The van der Waals surface area contributed by atoms with Gasteiger partial charge in [-0.2, -0.15) is 0 Å². The molecule has 0 spiro atoms. The molecular weight excluding hydrogens is 294 g/mol. The minimum atomic E-state index is 0.0337. The number of piperidine rings is 1. The third-order valence-corrected chi connectivity index (χ3v) is 5.32. The molecule has 0 aromatic heterocycles. The summed E-state index contributed by atoms with van der Waals surface area (Å²) in [6.07, 6.45) is 0.579. The molecule has 2 aromatic carbocycles. The van der Waals surface area contributed by atoms with Gasteiger partial charge >= 0.3 is 0 Å². The van der Waals surface area contributed by atoms with Gasteiger partial charge in [0.1, 0.15) is 5.78 Å². The normalized spacial score (nSPS) is 24.4. The number of benzene rings is 2. The zero-order chi connectivity index (χ0) is 17.3. The lowest BCUT2D eigenvalue weighted by Crippen LogP contribution is -2.44. The molecule has 3 atom stereocenters. The highest BCUT2D eigenvalue weighted by atomic mass is 16.1. The van der Waals surface area contributed by atoms with Gasteiger partial charge in [0.05, 0.1) is 0 Å². The highest BCUT2D eigenvalue weighted by Gasteiger charge is 2.39. The number of ketones is 1. The van der Waals surface area contributed by atoms with E-state index in [4.69, 9.17) is 0 Å². The number of carbonyl (C=O) groups excluding carboxylic acids is 1. The maximum Gasteiger partial charge on any atom is 0.140 e. The van der Waals surface area contributed by atoms with E-state index in [0.717, 1.165) is 0 Å². The Kier molecular flexibility index (Phi) is 4.86. The molecule has 1 aliphatic rings. The quantitative estimate of drug-likeness (QED) is 0.869. The van der Waals surface area contributed by atoms with Crippen LogP contribution in [0.4, 0.5) is 0 Å². The van der Waals surface area contributed by atoms with Gasteiger partial charge < -0.3 is 5.32 Å². The Hall–Kier alpha value is -1.93. The monoisotopic (exact) mass is 321 g/mol. The Balaban J connectivity index is 2.01. The van der Waals surface area contributed by atoms with E-state index < -0.39 is 0 Å². The van der Waals surface area contributed by atoms with Gasteiger partial charge in [-0.25, -0.2) is 0 Å². The van der Waals surface area contributed by atoms with Gasteiger partial charge in [0.25, 0.3) is 0 Å². The fourth-order valence-electron chi connectivity index (χ4n) is 4.06. The largest absolute Gasteiger partial charge is 0.302 e. The van der Waals surface area contributed by atoms with Gasteiger partial charge in [0.15, 0.2) is 0 Å². The number of hydrogen-bond donors (Lipinski definition) is 1. The van der Waals surface area contributed by atoms with Crippen LogP contribution < -0.4 is 5.32 Å². The average Bonchev–Trinajstić information content (AvgIpc) is 2.54. The number of aryl methyl sites for hydroxylation is 2. The summed E-state index contributed by atoms with van der Waals surface area (Å²) in [4.78, 5) is 13.0. The second-order valence-corrected chi connectivity index (χ2v) is 7.35. The molecule has 0 bridgehead atoms. The van der Waals surface area contributed by atoms with Crippen molar-refractivity contribution in [3.63, 3.8) is 0 Å². The number of rotatable bonds is 3. The van der Waals surface area contributed by atoms with Crippen molar-refractivity contribution in [2.45, 2.75) is 46.2 Å². The standard InChI is InChI=1S/C22H27NO/c1-14(2)21-20(24)13-19(17-11-7-5-9-15(17)3)23-22(21)18-12-8-6-10-16(18)4/h5-12,14,19,21-23H,13H2,1-4H3. The molecule has 0 aliphatic carbocycles. The van der Waals surface area contributed by atoms with E-state index in [1.807, 2.05) is 0 Å². The second-order valence-electron chi connectivity index (χ2n) is 7.35. The van der Waals surface area contributed by atoms with Crippen molar-refractivity contribution in [2.75, 3.05) is 0 Å². The molecule has 1 fully saturated rings. The van der Waals surface area contributed by atoms with Crippen LogP contribution in [0.3, 0.4) is 0 Å². The van der Waals surface area contributed by atoms with E-state index in [1.165, 1.54) is 22.3 Å². The summed E-state index contributed by atoms with van der Waals surface area (Å²) in [5.41, 5.74) is 4.99. The molecule has 0 amide bonds. The molecule has 2 nitrogen and oxygen atoms in total. The smallest absolute Gasteiger partial charge is 0.140 e. The molecule has 1 heterocycles. The minimum absolute atomic E-state index is 0.0337. The predicted molar refractivity (Wildman–Crippen MR) is 98.9 cm³/mol. The number of carbonyl (C=O) groups is 1. The van der Waals surface area contributed by atoms with Gasteiger partial charge in [-0.1, -0.05) is 62.4 Å². The number of Topliss-reactive ketones (excluding diaryl/α,β-unsaturated/α-hetero) is 1. The zero-order valence-corrected chi connectivity index (χ0v) is 15.0. The maximum atomic E-state index is 13.0. The second kappa shape index (κ2) is 6.90. The Labute approximate surface area is 145 Å². The Bertz CT molecular complexity index is 734. The topological polar surface area (TPSA) is 29.1 Å². The Morgan fingerprint density at radius 3 is 2.00 bits per heavy atom. The maximum absolute atomic E-state index is 13.0. The molecule has 3 rings (SSSR count). The van der Waals surface area contributed by atoms with Gasteiger partial charge in [0, 0.05) is 24.4 Å². The predicted octanol–water partition coefficient (Wildman–Crippen LogP) is 4.92. The Morgan fingerprint density at radius 1 is 0.917 bits per heavy atom. The molecule has 1 saturated heterocycles. The molecule has 0 saturated carbocycles. The van der Waals surface area contributed by atoms with Crippen molar-refractivity contribution in [2.24, 2.45) is 11.8 Å². The van der Waals surface area contributed by atoms with Crippen molar-refractivity contribution in [1.82, 2.24) is 5.32 Å². The average molecular weight is 321 g/mol. The molecule has 2 heteroatoms. The van der Waals surface area contributed by atoms with E-state index in [1.54, 1.807) is 0 Å². The van der Waals surface area contributed by atoms with Crippen LogP contribution in [0.25, 0.3) is 0 Å². The summed E-state index contributed by atoms with van der Waals surface area (Å²) in [5.74, 6) is 0.740. The molecule has 1 N–H and O–H groups in total. The molecule has 0 radical (unpaired) electrons. The highest BCUT2D eigenvalue weighted by molar-refractivity contribution is 5.84. The van der Waals surface area contributed by atoms with Crippen LogP contribution in [0.5, 0.6) is 0 Å². The van der Waals surface area contributed by atoms with Crippen LogP contribution in [-0.2, 0) is 4.79 Å². The SMILES string of the molecule is Cc1ccccc1C1CC(=O)C(C(C)C)C(c2ccccc2C)N1. The van der Waals surface area contributed by atoms with Crippen LogP contribution in [0.15, 0.2) is 48.5 Å². The van der Waals surface area contributed by atoms with Gasteiger partial charge in [0.2, 0.25) is 0 Å². The fraction of sp³-hybridized carbons (Fsp3) is 0.409. The third-order valence-electron chi connectivity index (χ3n) is 5.32. The third kappa shape index (κ3) is 3.16. The van der Waals surface area contributed by atoms with Crippen LogP contribution in [0.2, 0.25) is 0 Å². The van der Waals surface area contributed by atoms with E-state index in [0.29, 0.717) is 18.1 Å². The molecule has 3 unspecified atom stereocenters. The van der Waals surface area contributed by atoms with Gasteiger partial charge in [-0.05, 0) is 42.0 Å². The Morgan fingerprint density at radius 2 is 1.46 bits per heavy atom. The van der Waals surface area contributed by atoms with Crippen molar-refractivity contribution in [3.8, 4) is 0 Å². The molecule has 24 heavy (non-hydrogen) atoms. The first-order valence-electron chi connectivity index (χ1n) is 8.89. The first kappa shape index (κ1) is 16.9. The molecular formula is C22H27NO. The molecule has 2 aromatic rings. The minimum Gasteiger partial charge on any atom is -0.302 e. The summed E-state index contributed by atoms with van der Waals surface area (Å²) in [7, 11) is 0. The van der Waals surface area contributed by atoms with Crippen LogP contribution >= 0.6 is 0 Å². The highest BCUT2D eigenvalue weighted by Crippen LogP contribution is 2.39. The molecule has 1 aliphatic heterocycles. The van der Waals surface area contributed by atoms with E-state index in [9.17, 15) is 4.79 Å².